The number of fused-ring (bicyclic) bond motifs is 1. The van der Waals surface area contributed by atoms with Crippen LogP contribution < -0.4 is 0 Å². The minimum Gasteiger partial charge on any atom is -0.477 e. The van der Waals surface area contributed by atoms with Gasteiger partial charge in [0.2, 0.25) is 0 Å². The number of carboxylic acid groups (broad SMARTS) is 1. The molecule has 0 unspecified atom stereocenters. The van der Waals surface area contributed by atoms with Crippen LogP contribution in [0.5, 0.6) is 0 Å². The van der Waals surface area contributed by atoms with Crippen molar-refractivity contribution in [3.05, 3.63) is 47.9 Å². The smallest absolute Gasteiger partial charge is 0.354 e. The summed E-state index contributed by atoms with van der Waals surface area (Å²) < 4.78 is 0. The Morgan fingerprint density at radius 1 is 1.26 bits per heavy atom. The number of para-hydroxylation sites is 1. The summed E-state index contributed by atoms with van der Waals surface area (Å²) >= 11 is 0. The molecule has 2 N–H and O–H groups in total. The van der Waals surface area contributed by atoms with E-state index < -0.39 is 5.97 Å². The molecule has 0 atom stereocenters. The molecule has 0 saturated carbocycles. The zero-order valence-electron chi connectivity index (χ0n) is 10.2. The highest BCUT2D eigenvalue weighted by Gasteiger charge is 2.13. The van der Waals surface area contributed by atoms with Gasteiger partial charge in [-0.25, -0.2) is 14.8 Å². The van der Waals surface area contributed by atoms with Gasteiger partial charge in [0.1, 0.15) is 0 Å². The number of hydrogen-bond acceptors (Lipinski definition) is 3. The van der Waals surface area contributed by atoms with Gasteiger partial charge in [0.05, 0.1) is 0 Å². The molecule has 0 saturated heterocycles. The van der Waals surface area contributed by atoms with E-state index >= 15 is 0 Å². The van der Waals surface area contributed by atoms with Crippen LogP contribution in [-0.2, 0) is 0 Å². The third-order valence-electron chi connectivity index (χ3n) is 2.90. The molecule has 0 amide bonds. The minimum atomic E-state index is -1.05. The molecule has 19 heavy (non-hydrogen) atoms. The second-order valence-corrected chi connectivity index (χ2v) is 4.27. The maximum Gasteiger partial charge on any atom is 0.354 e. The lowest BCUT2D eigenvalue weighted by Gasteiger charge is -2.02. The largest absolute Gasteiger partial charge is 0.477 e. The molecule has 0 aliphatic heterocycles. The molecular weight excluding hydrogens is 242 g/mol. The molecule has 0 fully saturated rings. The van der Waals surface area contributed by atoms with Crippen molar-refractivity contribution in [2.24, 2.45) is 0 Å². The molecule has 3 rings (SSSR count). The number of carboxylic acids is 1. The van der Waals surface area contributed by atoms with Gasteiger partial charge >= 0.3 is 5.97 Å². The van der Waals surface area contributed by atoms with E-state index in [1.165, 1.54) is 6.07 Å². The summed E-state index contributed by atoms with van der Waals surface area (Å²) in [7, 11) is 0. The fourth-order valence-corrected chi connectivity index (χ4v) is 2.06. The van der Waals surface area contributed by atoms with E-state index in [0.29, 0.717) is 11.5 Å². The van der Waals surface area contributed by atoms with Gasteiger partial charge < -0.3 is 10.1 Å². The van der Waals surface area contributed by atoms with E-state index in [1.54, 1.807) is 13.1 Å². The first-order valence-corrected chi connectivity index (χ1v) is 5.80. The second-order valence-electron chi connectivity index (χ2n) is 4.27. The lowest BCUT2D eigenvalue weighted by atomic mass is 10.1. The molecule has 94 valence electrons. The van der Waals surface area contributed by atoms with Crippen molar-refractivity contribution < 1.29 is 9.90 Å². The van der Waals surface area contributed by atoms with Gasteiger partial charge in [0.25, 0.3) is 0 Å². The van der Waals surface area contributed by atoms with E-state index in [4.69, 9.17) is 5.11 Å². The number of hydrogen-bond donors (Lipinski definition) is 2. The number of aromatic nitrogens is 3. The summed E-state index contributed by atoms with van der Waals surface area (Å²) in [5.74, 6) is -0.624. The number of rotatable bonds is 2. The first kappa shape index (κ1) is 11.4. The fourth-order valence-electron chi connectivity index (χ4n) is 2.06. The van der Waals surface area contributed by atoms with Gasteiger partial charge in [-0.15, -0.1) is 0 Å². The van der Waals surface area contributed by atoms with Crippen molar-refractivity contribution >= 4 is 16.9 Å². The van der Waals surface area contributed by atoms with Gasteiger partial charge in [-0.2, -0.15) is 0 Å². The highest BCUT2D eigenvalue weighted by molar-refractivity contribution is 5.94. The topological polar surface area (TPSA) is 78.9 Å². The van der Waals surface area contributed by atoms with Crippen LogP contribution in [0.25, 0.3) is 22.3 Å². The monoisotopic (exact) mass is 253 g/mol. The Morgan fingerprint density at radius 2 is 2.05 bits per heavy atom. The van der Waals surface area contributed by atoms with Crippen LogP contribution in [0.1, 0.15) is 16.2 Å². The number of benzene rings is 1. The molecule has 0 radical (unpaired) electrons. The Kier molecular flexibility index (Phi) is 2.52. The number of nitrogens with one attached hydrogen (secondary N) is 1. The second kappa shape index (κ2) is 4.20. The van der Waals surface area contributed by atoms with Gasteiger partial charge in [-0.3, -0.25) is 0 Å². The quantitative estimate of drug-likeness (QED) is 0.735. The third kappa shape index (κ3) is 1.95. The van der Waals surface area contributed by atoms with Gasteiger partial charge in [0.15, 0.2) is 11.5 Å². The molecule has 0 aliphatic carbocycles. The van der Waals surface area contributed by atoms with E-state index in [0.717, 1.165) is 16.5 Å². The highest BCUT2D eigenvalue weighted by Crippen LogP contribution is 2.26. The summed E-state index contributed by atoms with van der Waals surface area (Å²) in [6.45, 7) is 1.76. The normalized spacial score (nSPS) is 10.8. The van der Waals surface area contributed by atoms with Crippen molar-refractivity contribution in [1.82, 2.24) is 15.0 Å². The first-order valence-electron chi connectivity index (χ1n) is 5.80. The van der Waals surface area contributed by atoms with E-state index in [-0.39, 0.29) is 5.69 Å². The number of carbonyl (C=O) groups is 1. The van der Waals surface area contributed by atoms with Crippen LogP contribution in [0.4, 0.5) is 0 Å². The Morgan fingerprint density at radius 3 is 2.84 bits per heavy atom. The van der Waals surface area contributed by atoms with Crippen LogP contribution >= 0.6 is 0 Å². The number of aromatic amines is 1. The summed E-state index contributed by atoms with van der Waals surface area (Å²) in [5, 5.41) is 10.0. The molecule has 5 heteroatoms. The molecule has 0 bridgehead atoms. The molecule has 0 spiro atoms. The fraction of sp³-hybridized carbons (Fsp3) is 0.0714. The summed E-state index contributed by atoms with van der Waals surface area (Å²) in [6, 6.07) is 9.22. The first-order chi connectivity index (χ1) is 9.15. The Balaban J connectivity index is 2.24. The third-order valence-corrected chi connectivity index (χ3v) is 2.90. The SMILES string of the molecule is Cc1cc(C(=O)O)nc(-c2c[nH]c3ccccc23)n1. The van der Waals surface area contributed by atoms with Crippen molar-refractivity contribution in [3.8, 4) is 11.4 Å². The number of aromatic carboxylic acids is 1. The lowest BCUT2D eigenvalue weighted by Crippen LogP contribution is -2.04. The molecule has 3 aromatic rings. The summed E-state index contributed by atoms with van der Waals surface area (Å²) in [6.07, 6.45) is 1.80. The predicted molar refractivity (Wildman–Crippen MR) is 71.0 cm³/mol. The Labute approximate surface area is 109 Å². The van der Waals surface area contributed by atoms with Gasteiger partial charge in [0, 0.05) is 28.4 Å². The number of nitrogens with zero attached hydrogens (tertiary/aromatic N) is 2. The maximum atomic E-state index is 11.0. The highest BCUT2D eigenvalue weighted by atomic mass is 16.4. The standard InChI is InChI=1S/C14H11N3O2/c1-8-6-12(14(18)19)17-13(16-8)10-7-15-11-5-3-2-4-9(10)11/h2-7,15H,1H3,(H,18,19). The van der Waals surface area contributed by atoms with Gasteiger partial charge in [-0.05, 0) is 19.1 Å². The van der Waals surface area contributed by atoms with Gasteiger partial charge in [-0.1, -0.05) is 18.2 Å². The average Bonchev–Trinajstić information content (AvgIpc) is 2.81. The summed E-state index contributed by atoms with van der Waals surface area (Å²) in [4.78, 5) is 22.6. The molecule has 2 heterocycles. The Hall–Kier alpha value is -2.69. The van der Waals surface area contributed by atoms with Crippen molar-refractivity contribution in [1.29, 1.82) is 0 Å². The zero-order chi connectivity index (χ0) is 13.4. The van der Waals surface area contributed by atoms with E-state index in [2.05, 4.69) is 15.0 Å². The number of H-pyrrole nitrogens is 1. The van der Waals surface area contributed by atoms with Crippen molar-refractivity contribution in [2.75, 3.05) is 0 Å². The minimum absolute atomic E-state index is 0.00720. The van der Waals surface area contributed by atoms with Crippen LogP contribution in [0.2, 0.25) is 0 Å². The molecule has 5 nitrogen and oxygen atoms in total. The molecule has 2 aromatic heterocycles. The van der Waals surface area contributed by atoms with Crippen LogP contribution in [0, 0.1) is 6.92 Å². The lowest BCUT2D eigenvalue weighted by molar-refractivity contribution is 0.0690. The maximum absolute atomic E-state index is 11.0. The molecule has 0 aliphatic rings. The zero-order valence-corrected chi connectivity index (χ0v) is 10.2. The van der Waals surface area contributed by atoms with E-state index in [1.807, 2.05) is 24.3 Å². The van der Waals surface area contributed by atoms with Crippen molar-refractivity contribution in [2.45, 2.75) is 6.92 Å². The number of aryl methyl sites for hydroxylation is 1. The van der Waals surface area contributed by atoms with Crippen LogP contribution in [0.3, 0.4) is 0 Å². The summed E-state index contributed by atoms with van der Waals surface area (Å²) in [5.41, 5.74) is 2.42. The average molecular weight is 253 g/mol. The predicted octanol–water partition coefficient (Wildman–Crippen LogP) is 2.63. The van der Waals surface area contributed by atoms with E-state index in [9.17, 15) is 4.79 Å². The van der Waals surface area contributed by atoms with Crippen molar-refractivity contribution in [3.63, 3.8) is 0 Å². The Bertz CT molecular complexity index is 777. The van der Waals surface area contributed by atoms with Crippen LogP contribution in [0.15, 0.2) is 36.5 Å². The van der Waals surface area contributed by atoms with Crippen LogP contribution in [-0.4, -0.2) is 26.0 Å². The molecule has 1 aromatic carbocycles. The molecular formula is C14H11N3O2.